The molecule has 4 saturated carbocycles. The van der Waals surface area contributed by atoms with Crippen LogP contribution in [0.1, 0.15) is 64.2 Å². The standard InChI is InChI=1S/C28H34N4/c1-2-4-19(5-3-1)26-16-27(31-22-7-6-20-13-25(31)15-21(20)14-22)30-28(29-26)32-23-9-17-8-18(11-23)12-24(32)10-17/h1-5,16-18,20-25H,6-15H2. The highest BCUT2D eigenvalue weighted by molar-refractivity contribution is 5.66. The Hall–Kier alpha value is -2.10. The van der Waals surface area contributed by atoms with Crippen LogP contribution in [0.25, 0.3) is 11.3 Å². The van der Waals surface area contributed by atoms with Gasteiger partial charge < -0.3 is 9.80 Å². The number of piperidine rings is 3. The van der Waals surface area contributed by atoms with Crippen LogP contribution in [0, 0.1) is 23.7 Å². The molecule has 0 N–H and O–H groups in total. The fourth-order valence-electron chi connectivity index (χ4n) is 9.13. The van der Waals surface area contributed by atoms with Gasteiger partial charge in [-0.2, -0.15) is 4.98 Å². The third kappa shape index (κ3) is 2.67. The molecular weight excluding hydrogens is 392 g/mol. The number of hydrogen-bond donors (Lipinski definition) is 0. The monoisotopic (exact) mass is 426 g/mol. The van der Waals surface area contributed by atoms with E-state index < -0.39 is 0 Å². The summed E-state index contributed by atoms with van der Waals surface area (Å²) >= 11 is 0. The molecule has 1 aromatic carbocycles. The van der Waals surface area contributed by atoms with Crippen LogP contribution in [0.5, 0.6) is 0 Å². The zero-order valence-electron chi connectivity index (χ0n) is 18.9. The summed E-state index contributed by atoms with van der Waals surface area (Å²) in [5, 5.41) is 0. The summed E-state index contributed by atoms with van der Waals surface area (Å²) in [6.07, 6.45) is 13.9. The Morgan fingerprint density at radius 3 is 2.09 bits per heavy atom. The first-order valence-corrected chi connectivity index (χ1v) is 13.3. The van der Waals surface area contributed by atoms with Gasteiger partial charge in [-0.3, -0.25) is 0 Å². The Kier molecular flexibility index (Phi) is 3.85. The lowest BCUT2D eigenvalue weighted by atomic mass is 9.64. The predicted molar refractivity (Wildman–Crippen MR) is 128 cm³/mol. The Morgan fingerprint density at radius 2 is 1.31 bits per heavy atom. The summed E-state index contributed by atoms with van der Waals surface area (Å²) in [5.41, 5.74) is 2.35. The van der Waals surface area contributed by atoms with Crippen LogP contribution in [0.15, 0.2) is 36.4 Å². The van der Waals surface area contributed by atoms with Crippen molar-refractivity contribution in [3.05, 3.63) is 36.4 Å². The first kappa shape index (κ1) is 18.3. The largest absolute Gasteiger partial charge is 0.350 e. The van der Waals surface area contributed by atoms with Crippen LogP contribution >= 0.6 is 0 Å². The van der Waals surface area contributed by atoms with Crippen LogP contribution in [0.2, 0.25) is 0 Å². The summed E-state index contributed by atoms with van der Waals surface area (Å²) in [4.78, 5) is 16.1. The maximum absolute atomic E-state index is 5.40. The van der Waals surface area contributed by atoms with Crippen molar-refractivity contribution in [2.24, 2.45) is 23.7 Å². The SMILES string of the molecule is c1ccc(-c2cc(N3C4CCC5CC3CC5C4)nc(N3C4CC5CC(C4)CC3C5)n2)cc1. The molecule has 9 rings (SSSR count). The number of hydrogen-bond acceptors (Lipinski definition) is 4. The number of rotatable bonds is 3. The lowest BCUT2D eigenvalue weighted by molar-refractivity contribution is 0.0884. The predicted octanol–water partition coefficient (Wildman–Crippen LogP) is 5.68. The first-order valence-electron chi connectivity index (χ1n) is 13.3. The summed E-state index contributed by atoms with van der Waals surface area (Å²) in [7, 11) is 0. The number of fused-ring (bicyclic) bond motifs is 2. The molecule has 7 fully saturated rings. The molecular formula is C28H34N4. The number of nitrogens with zero attached hydrogens (tertiary/aromatic N) is 4. The number of anilines is 2. The second-order valence-corrected chi connectivity index (χ2v) is 11.9. The highest BCUT2D eigenvalue weighted by Crippen LogP contribution is 2.53. The molecule has 2 aromatic rings. The Labute approximate surface area is 191 Å². The maximum Gasteiger partial charge on any atom is 0.228 e. The fraction of sp³-hybridized carbons (Fsp3) is 0.643. The van der Waals surface area contributed by atoms with Gasteiger partial charge in [0.1, 0.15) is 5.82 Å². The molecule has 0 radical (unpaired) electrons. The number of aromatic nitrogens is 2. The molecule has 3 aliphatic heterocycles. The zero-order chi connectivity index (χ0) is 20.8. The Balaban J connectivity index is 1.24. The average Bonchev–Trinajstić information content (AvgIpc) is 3.06. The second kappa shape index (κ2) is 6.71. The van der Waals surface area contributed by atoms with E-state index >= 15 is 0 Å². The van der Waals surface area contributed by atoms with E-state index in [4.69, 9.17) is 9.97 Å². The Morgan fingerprint density at radius 1 is 0.625 bits per heavy atom. The van der Waals surface area contributed by atoms with Crippen LogP contribution in [-0.2, 0) is 0 Å². The van der Waals surface area contributed by atoms with Crippen molar-refractivity contribution in [1.29, 1.82) is 0 Å². The topological polar surface area (TPSA) is 32.3 Å². The zero-order valence-corrected chi connectivity index (χ0v) is 18.9. The van der Waals surface area contributed by atoms with E-state index in [-0.39, 0.29) is 0 Å². The van der Waals surface area contributed by atoms with Crippen LogP contribution in [0.4, 0.5) is 11.8 Å². The molecule has 4 aliphatic carbocycles. The maximum atomic E-state index is 5.40. The third-order valence-electron chi connectivity index (χ3n) is 10.2. The Bertz CT molecular complexity index is 999. The molecule has 7 bridgehead atoms. The molecule has 0 spiro atoms. The minimum atomic E-state index is 0.665. The van der Waals surface area contributed by atoms with Gasteiger partial charge in [-0.1, -0.05) is 30.3 Å². The van der Waals surface area contributed by atoms with Crippen molar-refractivity contribution in [3.8, 4) is 11.3 Å². The molecule has 7 aliphatic rings. The number of benzene rings is 1. The van der Waals surface area contributed by atoms with Crippen molar-refractivity contribution in [3.63, 3.8) is 0 Å². The van der Waals surface area contributed by atoms with Gasteiger partial charge in [0.05, 0.1) is 5.69 Å². The van der Waals surface area contributed by atoms with Gasteiger partial charge in [0.2, 0.25) is 5.95 Å². The molecule has 166 valence electrons. The molecule has 1 aromatic heterocycles. The van der Waals surface area contributed by atoms with Gasteiger partial charge in [0.25, 0.3) is 0 Å². The van der Waals surface area contributed by atoms with E-state index in [0.29, 0.717) is 24.2 Å². The lowest BCUT2D eigenvalue weighted by Crippen LogP contribution is -2.58. The minimum Gasteiger partial charge on any atom is -0.350 e. The molecule has 4 heteroatoms. The molecule has 3 saturated heterocycles. The molecule has 32 heavy (non-hydrogen) atoms. The highest BCUT2D eigenvalue weighted by Gasteiger charge is 2.50. The van der Waals surface area contributed by atoms with Gasteiger partial charge in [-0.25, -0.2) is 4.98 Å². The van der Waals surface area contributed by atoms with Crippen molar-refractivity contribution < 1.29 is 0 Å². The summed E-state index contributed by atoms with van der Waals surface area (Å²) in [6.45, 7) is 0. The first-order chi connectivity index (χ1) is 15.8. The average molecular weight is 427 g/mol. The van der Waals surface area contributed by atoms with E-state index in [1.807, 2.05) is 0 Å². The van der Waals surface area contributed by atoms with Crippen molar-refractivity contribution >= 4 is 11.8 Å². The van der Waals surface area contributed by atoms with E-state index in [2.05, 4.69) is 46.2 Å². The van der Waals surface area contributed by atoms with Crippen LogP contribution in [-0.4, -0.2) is 34.1 Å². The quantitative estimate of drug-likeness (QED) is 0.632. The third-order valence-corrected chi connectivity index (χ3v) is 10.2. The lowest BCUT2D eigenvalue weighted by Gasteiger charge is -2.56. The van der Waals surface area contributed by atoms with Gasteiger partial charge in [0, 0.05) is 35.8 Å². The van der Waals surface area contributed by atoms with E-state index in [1.165, 1.54) is 75.6 Å². The van der Waals surface area contributed by atoms with Crippen molar-refractivity contribution in [2.75, 3.05) is 9.80 Å². The summed E-state index contributed by atoms with van der Waals surface area (Å²) < 4.78 is 0. The van der Waals surface area contributed by atoms with Gasteiger partial charge >= 0.3 is 0 Å². The van der Waals surface area contributed by atoms with Crippen LogP contribution < -0.4 is 9.80 Å². The highest BCUT2D eigenvalue weighted by atomic mass is 15.3. The van der Waals surface area contributed by atoms with E-state index in [9.17, 15) is 0 Å². The van der Waals surface area contributed by atoms with Gasteiger partial charge in [-0.15, -0.1) is 0 Å². The molecule has 0 amide bonds. The van der Waals surface area contributed by atoms with Gasteiger partial charge in [0.15, 0.2) is 0 Å². The molecule has 4 heterocycles. The van der Waals surface area contributed by atoms with E-state index in [1.54, 1.807) is 0 Å². The summed E-state index contributed by atoms with van der Waals surface area (Å²) in [5.74, 6) is 6.13. The second-order valence-electron chi connectivity index (χ2n) is 11.9. The molecule has 4 atom stereocenters. The summed E-state index contributed by atoms with van der Waals surface area (Å²) in [6, 6.07) is 15.9. The molecule has 4 unspecified atom stereocenters. The minimum absolute atomic E-state index is 0.665. The molecule has 4 nitrogen and oxygen atoms in total. The van der Waals surface area contributed by atoms with Crippen LogP contribution in [0.3, 0.4) is 0 Å². The van der Waals surface area contributed by atoms with E-state index in [0.717, 1.165) is 35.3 Å². The smallest absolute Gasteiger partial charge is 0.228 e. The normalized spacial score (nSPS) is 41.0. The fourth-order valence-corrected chi connectivity index (χ4v) is 9.13. The van der Waals surface area contributed by atoms with Crippen molar-refractivity contribution in [1.82, 2.24) is 9.97 Å². The van der Waals surface area contributed by atoms with Gasteiger partial charge in [-0.05, 0) is 87.9 Å². The van der Waals surface area contributed by atoms with Crippen molar-refractivity contribution in [2.45, 2.75) is 88.4 Å².